The van der Waals surface area contributed by atoms with Gasteiger partial charge in [-0.1, -0.05) is 18.2 Å². The Bertz CT molecular complexity index is 1350. The van der Waals surface area contributed by atoms with Gasteiger partial charge in [-0.25, -0.2) is 13.9 Å². The third-order valence-corrected chi connectivity index (χ3v) is 8.92. The van der Waals surface area contributed by atoms with Crippen LogP contribution in [0.25, 0.3) is 0 Å². The molecule has 0 saturated carbocycles. The van der Waals surface area contributed by atoms with Gasteiger partial charge in [0.2, 0.25) is 5.91 Å². The normalized spacial score (nSPS) is 18.4. The van der Waals surface area contributed by atoms with Gasteiger partial charge < -0.3 is 14.4 Å². The molecule has 2 aromatic carbocycles. The third-order valence-electron chi connectivity index (χ3n) is 6.43. The van der Waals surface area contributed by atoms with Gasteiger partial charge in [-0.15, -0.1) is 12.4 Å². The summed E-state index contributed by atoms with van der Waals surface area (Å²) in [5.41, 5.74) is 2.12. The van der Waals surface area contributed by atoms with Crippen molar-refractivity contribution in [3.63, 3.8) is 0 Å². The molecular weight excluding hydrogens is 534 g/mol. The minimum absolute atomic E-state index is 0. The van der Waals surface area contributed by atoms with Crippen molar-refractivity contribution in [1.82, 2.24) is 15.4 Å². The van der Waals surface area contributed by atoms with Crippen LogP contribution in [0.1, 0.15) is 28.9 Å². The number of nitrogens with one attached hydrogen (secondary N) is 1. The van der Waals surface area contributed by atoms with Gasteiger partial charge in [-0.3, -0.25) is 19.8 Å². The largest absolute Gasteiger partial charge is 0.497 e. The summed E-state index contributed by atoms with van der Waals surface area (Å²) in [6.45, 7) is 0.0380. The zero-order valence-corrected chi connectivity index (χ0v) is 22.2. The maximum absolute atomic E-state index is 13.7. The predicted octanol–water partition coefficient (Wildman–Crippen LogP) is 3.36. The number of amides is 2. The molecule has 12 heteroatoms. The number of benzene rings is 2. The number of aromatic nitrogens is 1. The Morgan fingerprint density at radius 2 is 1.63 bits per heavy atom. The van der Waals surface area contributed by atoms with E-state index in [9.17, 15) is 23.2 Å². The Morgan fingerprint density at radius 1 is 1.00 bits per heavy atom. The monoisotopic (exact) mass is 561 g/mol. The van der Waals surface area contributed by atoms with E-state index in [1.807, 2.05) is 0 Å². The molecule has 1 aliphatic heterocycles. The van der Waals surface area contributed by atoms with Gasteiger partial charge in [0.1, 0.15) is 27.7 Å². The minimum atomic E-state index is -3.95. The second-order valence-electron chi connectivity index (χ2n) is 8.58. The van der Waals surface area contributed by atoms with Crippen LogP contribution in [0.5, 0.6) is 17.2 Å². The number of pyridine rings is 1. The Labute approximate surface area is 226 Å². The molecule has 1 aliphatic rings. The van der Waals surface area contributed by atoms with Crippen molar-refractivity contribution in [2.45, 2.75) is 17.6 Å². The highest BCUT2D eigenvalue weighted by atomic mass is 35.5. The van der Waals surface area contributed by atoms with Crippen LogP contribution in [0.3, 0.4) is 0 Å². The van der Waals surface area contributed by atoms with Crippen LogP contribution >= 0.6 is 12.4 Å². The molecule has 2 N–H and O–H groups in total. The quantitative estimate of drug-likeness (QED) is 0.331. The Balaban J connectivity index is 0.00000400. The van der Waals surface area contributed by atoms with Crippen LogP contribution in [0.15, 0.2) is 72.9 Å². The first-order valence-corrected chi connectivity index (χ1v) is 13.2. The molecule has 0 bridgehead atoms. The molecule has 2 heterocycles. The number of nitrogens with zero attached hydrogens (tertiary/aromatic N) is 2. The fourth-order valence-electron chi connectivity index (χ4n) is 4.39. The van der Waals surface area contributed by atoms with Crippen LogP contribution in [0.4, 0.5) is 0 Å². The maximum Gasteiger partial charge on any atom is 0.272 e. The van der Waals surface area contributed by atoms with E-state index in [0.717, 1.165) is 0 Å². The zero-order chi connectivity index (χ0) is 26.5. The zero-order valence-electron chi connectivity index (χ0n) is 20.6. The van der Waals surface area contributed by atoms with E-state index < -0.39 is 26.9 Å². The molecule has 1 atom stereocenters. The van der Waals surface area contributed by atoms with E-state index in [1.54, 1.807) is 79.3 Å². The summed E-state index contributed by atoms with van der Waals surface area (Å²) in [4.78, 5) is 30.8. The second kappa shape index (κ2) is 12.2. The second-order valence-corrected chi connectivity index (χ2v) is 11.0. The van der Waals surface area contributed by atoms with Gasteiger partial charge in [-0.05, 0) is 60.5 Å². The molecular formula is C26H28ClN3O7S. The van der Waals surface area contributed by atoms with E-state index in [4.69, 9.17) is 9.47 Å². The molecule has 1 aromatic heterocycles. The molecule has 1 saturated heterocycles. The lowest BCUT2D eigenvalue weighted by molar-refractivity contribution is -0.130. The number of methoxy groups -OCH3 is 1. The SMILES string of the molecule is COc1ccc(Oc2ccc(C3(CC(=O)NO)CCN(C(=O)c4ccccn4)CCS3(=O)=O)cc2)cc1.Cl. The predicted molar refractivity (Wildman–Crippen MR) is 142 cm³/mol. The number of rotatable bonds is 7. The maximum atomic E-state index is 13.7. The molecule has 10 nitrogen and oxygen atoms in total. The first kappa shape index (κ1) is 28.9. The molecule has 0 radical (unpaired) electrons. The average Bonchev–Trinajstić information content (AvgIpc) is 3.05. The van der Waals surface area contributed by atoms with Crippen molar-refractivity contribution in [1.29, 1.82) is 0 Å². The van der Waals surface area contributed by atoms with Crippen molar-refractivity contribution in [3.8, 4) is 17.2 Å². The molecule has 202 valence electrons. The minimum Gasteiger partial charge on any atom is -0.497 e. The van der Waals surface area contributed by atoms with Gasteiger partial charge in [0.05, 0.1) is 19.3 Å². The average molecular weight is 562 g/mol. The highest BCUT2D eigenvalue weighted by molar-refractivity contribution is 7.92. The Kier molecular flexibility index (Phi) is 9.31. The van der Waals surface area contributed by atoms with Crippen molar-refractivity contribution >= 4 is 34.1 Å². The van der Waals surface area contributed by atoms with Crippen LogP contribution in [0.2, 0.25) is 0 Å². The van der Waals surface area contributed by atoms with Crippen LogP contribution in [0, 0.1) is 0 Å². The van der Waals surface area contributed by atoms with Gasteiger partial charge in [-0.2, -0.15) is 0 Å². The Hall–Kier alpha value is -3.67. The fourth-order valence-corrected chi connectivity index (χ4v) is 6.49. The van der Waals surface area contributed by atoms with E-state index in [1.165, 1.54) is 11.1 Å². The van der Waals surface area contributed by atoms with Crippen molar-refractivity contribution in [3.05, 3.63) is 84.2 Å². The summed E-state index contributed by atoms with van der Waals surface area (Å²) in [6, 6.07) is 18.3. The van der Waals surface area contributed by atoms with E-state index in [0.29, 0.717) is 22.8 Å². The molecule has 0 spiro atoms. The molecule has 1 fully saturated rings. The standard InChI is InChI=1S/C26H27N3O7S.ClH/c1-35-20-9-11-22(12-10-20)36-21-7-5-19(6-8-21)26(18-24(30)28-32)13-15-29(16-17-37(26,33)34)25(31)23-4-2-3-14-27-23;/h2-12,14,32H,13,15-18H2,1H3,(H,28,30);1H. The number of carbonyl (C=O) groups is 2. The summed E-state index contributed by atoms with van der Waals surface area (Å²) < 4.78 is 36.6. The van der Waals surface area contributed by atoms with Gasteiger partial charge in [0.25, 0.3) is 5.91 Å². The van der Waals surface area contributed by atoms with Crippen LogP contribution in [-0.2, 0) is 19.4 Å². The van der Waals surface area contributed by atoms with E-state index >= 15 is 0 Å². The topological polar surface area (TPSA) is 135 Å². The lowest BCUT2D eigenvalue weighted by atomic mass is 9.90. The summed E-state index contributed by atoms with van der Waals surface area (Å²) in [6.07, 6.45) is 0.948. The number of ether oxygens (including phenoxy) is 2. The number of hydrogen-bond acceptors (Lipinski definition) is 8. The van der Waals surface area contributed by atoms with E-state index in [2.05, 4.69) is 4.98 Å². The summed E-state index contributed by atoms with van der Waals surface area (Å²) in [5.74, 6) is 0.130. The lowest BCUT2D eigenvalue weighted by Gasteiger charge is -2.32. The molecule has 4 rings (SSSR count). The lowest BCUT2D eigenvalue weighted by Crippen LogP contribution is -2.42. The molecule has 1 unspecified atom stereocenters. The van der Waals surface area contributed by atoms with Crippen molar-refractivity contribution in [2.75, 3.05) is 26.0 Å². The summed E-state index contributed by atoms with van der Waals surface area (Å²) in [7, 11) is -2.38. The third kappa shape index (κ3) is 6.07. The molecule has 3 aromatic rings. The highest BCUT2D eigenvalue weighted by Crippen LogP contribution is 2.41. The van der Waals surface area contributed by atoms with Crippen molar-refractivity contribution in [2.24, 2.45) is 0 Å². The Morgan fingerprint density at radius 3 is 2.21 bits per heavy atom. The fraction of sp³-hybridized carbons (Fsp3) is 0.269. The van der Waals surface area contributed by atoms with Crippen LogP contribution < -0.4 is 15.0 Å². The van der Waals surface area contributed by atoms with Gasteiger partial charge >= 0.3 is 0 Å². The number of carbonyl (C=O) groups excluding carboxylic acids is 2. The van der Waals surface area contributed by atoms with Gasteiger partial charge in [0, 0.05) is 19.3 Å². The summed E-state index contributed by atoms with van der Waals surface area (Å²) in [5, 5.41) is 9.21. The molecule has 38 heavy (non-hydrogen) atoms. The summed E-state index contributed by atoms with van der Waals surface area (Å²) >= 11 is 0. The van der Waals surface area contributed by atoms with Crippen LogP contribution in [-0.4, -0.2) is 61.3 Å². The van der Waals surface area contributed by atoms with Gasteiger partial charge in [0.15, 0.2) is 9.84 Å². The number of halogens is 1. The number of hydroxylamine groups is 1. The number of hydrogen-bond donors (Lipinski definition) is 2. The smallest absolute Gasteiger partial charge is 0.272 e. The molecule has 0 aliphatic carbocycles. The highest BCUT2D eigenvalue weighted by Gasteiger charge is 2.49. The first-order chi connectivity index (χ1) is 17.8. The molecule has 2 amide bonds. The first-order valence-electron chi connectivity index (χ1n) is 11.6. The van der Waals surface area contributed by atoms with Crippen molar-refractivity contribution < 1.29 is 32.7 Å². The van der Waals surface area contributed by atoms with E-state index in [-0.39, 0.29) is 49.3 Å². The number of sulfone groups is 1.